The molecule has 218 valence electrons. The Labute approximate surface area is 252 Å². The van der Waals surface area contributed by atoms with Gasteiger partial charge in [-0.15, -0.1) is 39.3 Å². The topological polar surface area (TPSA) is 42.3 Å². The van der Waals surface area contributed by atoms with Crippen LogP contribution in [0.2, 0.25) is 0 Å². The third-order valence-electron chi connectivity index (χ3n) is 5.01. The molecule has 0 saturated heterocycles. The molecule has 0 aliphatic heterocycles. The number of unbranched alkanes of at least 4 members (excludes halogenated alkanes) is 6. The van der Waals surface area contributed by atoms with Crippen molar-refractivity contribution in [2.75, 3.05) is 39.3 Å². The zero-order chi connectivity index (χ0) is 27.8. The van der Waals surface area contributed by atoms with Crippen molar-refractivity contribution in [2.45, 2.75) is 119 Å². The van der Waals surface area contributed by atoms with Crippen LogP contribution in [0.1, 0.15) is 119 Å². The van der Waals surface area contributed by atoms with Crippen LogP contribution >= 0.6 is 0 Å². The molecule has 1 aromatic carbocycles. The maximum absolute atomic E-state index is 11.8. The second kappa shape index (κ2) is 38.6. The predicted molar refractivity (Wildman–Crippen MR) is 159 cm³/mol. The summed E-state index contributed by atoms with van der Waals surface area (Å²) in [4.78, 5) is 0. The Morgan fingerprint density at radius 3 is 0.838 bits per heavy atom. The Morgan fingerprint density at radius 1 is 0.486 bits per heavy atom. The van der Waals surface area contributed by atoms with Gasteiger partial charge in [0.1, 0.15) is 0 Å². The fourth-order valence-electron chi connectivity index (χ4n) is 2.52. The van der Waals surface area contributed by atoms with Gasteiger partial charge < -0.3 is 16.0 Å². The first-order valence-corrected chi connectivity index (χ1v) is 18.0. The summed E-state index contributed by atoms with van der Waals surface area (Å²) in [6.07, 6.45) is 15.2. The van der Waals surface area contributed by atoms with Crippen molar-refractivity contribution in [3.63, 3.8) is 0 Å². The van der Waals surface area contributed by atoms with E-state index in [9.17, 15) is 10.5 Å². The van der Waals surface area contributed by atoms with Crippen LogP contribution in [0.15, 0.2) is 24.3 Å². The molecule has 0 spiro atoms. The quantitative estimate of drug-likeness (QED) is 0.0800. The van der Waals surface area contributed by atoms with Crippen molar-refractivity contribution < 1.29 is 36.7 Å². The van der Waals surface area contributed by atoms with Crippen LogP contribution in [0.25, 0.3) is 16.0 Å². The minimum Gasteiger partial charge on any atom is 4.00 e. The summed E-state index contributed by atoms with van der Waals surface area (Å²) in [5.74, 6) is 0. The van der Waals surface area contributed by atoms with Crippen LogP contribution in [-0.2, 0) is 26.2 Å². The number of hydrogen-bond donors (Lipinski definition) is 0. The van der Waals surface area contributed by atoms with Crippen molar-refractivity contribution in [1.82, 2.24) is 0 Å². The molecule has 8 heteroatoms. The van der Waals surface area contributed by atoms with Gasteiger partial charge in [0.15, 0.2) is 0 Å². The molecule has 0 unspecified atom stereocenters. The summed E-state index contributed by atoms with van der Waals surface area (Å²) in [5.41, 5.74) is 0. The molecule has 0 amide bonds. The molecule has 0 saturated carbocycles. The standard InChI is InChI=1S/3C8H18N.C5H4F3Ge.Zr/c3*1-3-5-7-9-8-6-4-2;6-9(7,8)5-3-1-2-4-5;/h3*3-8H2,1-2H3;1-4H;/q4*-1;+4. The maximum atomic E-state index is 11.8. The van der Waals surface area contributed by atoms with Crippen molar-refractivity contribution in [3.05, 3.63) is 40.2 Å². The third-order valence-corrected chi connectivity index (χ3v) is 7.08. The van der Waals surface area contributed by atoms with E-state index in [1.54, 1.807) is 0 Å². The van der Waals surface area contributed by atoms with Crippen molar-refractivity contribution in [2.24, 2.45) is 0 Å². The van der Waals surface area contributed by atoms with Crippen LogP contribution in [0, 0.1) is 0 Å². The molecule has 0 aromatic heterocycles. The van der Waals surface area contributed by atoms with Gasteiger partial charge in [0.25, 0.3) is 0 Å². The van der Waals surface area contributed by atoms with Crippen LogP contribution in [0.5, 0.6) is 0 Å². The molecular weight excluding hydrogens is 611 g/mol. The minimum absolute atomic E-state index is 0. The van der Waals surface area contributed by atoms with Gasteiger partial charge in [-0.1, -0.05) is 119 Å². The van der Waals surface area contributed by atoms with E-state index in [0.717, 1.165) is 51.4 Å². The molecule has 37 heavy (non-hydrogen) atoms. The smallest absolute Gasteiger partial charge is 4.00 e. The Kier molecular flexibility index (Phi) is 46.4. The summed E-state index contributed by atoms with van der Waals surface area (Å²) >= 11 is -5.94. The summed E-state index contributed by atoms with van der Waals surface area (Å²) < 4.78 is 35.0. The van der Waals surface area contributed by atoms with Gasteiger partial charge in [0, 0.05) is 0 Å². The molecule has 0 bridgehead atoms. The van der Waals surface area contributed by atoms with Gasteiger partial charge in [-0.2, -0.15) is 0 Å². The van der Waals surface area contributed by atoms with Crippen molar-refractivity contribution in [1.29, 1.82) is 0 Å². The first kappa shape index (κ1) is 44.5. The van der Waals surface area contributed by atoms with E-state index < -0.39 is 19.1 Å². The SMILES string of the molecule is CCCC[N-]CCCC.CCCC[N-]CCCC.CCCC[N-]CCCC.[F][Ge]([F])([F])[c-]1cccc1.[Zr+4]. The second-order valence-corrected chi connectivity index (χ2v) is 12.1. The van der Waals surface area contributed by atoms with E-state index in [1.165, 1.54) is 89.2 Å². The Morgan fingerprint density at radius 2 is 0.703 bits per heavy atom. The molecule has 0 N–H and O–H groups in total. The van der Waals surface area contributed by atoms with Crippen LogP contribution < -0.4 is 4.40 Å². The average Bonchev–Trinajstić information content (AvgIpc) is 3.41. The van der Waals surface area contributed by atoms with Crippen molar-refractivity contribution >= 4 is 19.1 Å². The second-order valence-electron chi connectivity index (χ2n) is 8.81. The Hall–Kier alpha value is 0.446. The monoisotopic (exact) mass is 669 g/mol. The zero-order valence-electron chi connectivity index (χ0n) is 25.0. The summed E-state index contributed by atoms with van der Waals surface area (Å²) in [6, 6.07) is 5.07. The first-order valence-electron chi connectivity index (χ1n) is 14.5. The van der Waals surface area contributed by atoms with Crippen molar-refractivity contribution in [3.8, 4) is 0 Å². The molecule has 0 aliphatic rings. The summed E-state index contributed by atoms with van der Waals surface area (Å²) in [5, 5.41) is 13.1. The normalized spacial score (nSPS) is 10.2. The molecule has 3 nitrogen and oxygen atoms in total. The molecular formula is C29H58F3GeN3Zr. The van der Waals surface area contributed by atoms with Gasteiger partial charge >= 0.3 is 80.0 Å². The van der Waals surface area contributed by atoms with Gasteiger partial charge in [-0.25, -0.2) is 0 Å². The summed E-state index contributed by atoms with van der Waals surface area (Å²) in [7, 11) is 0. The fraction of sp³-hybridized carbons (Fsp3) is 0.828. The van der Waals surface area contributed by atoms with Crippen LogP contribution in [-0.4, -0.2) is 53.9 Å². The number of rotatable bonds is 19. The Balaban J connectivity index is -0.000000194. The third kappa shape index (κ3) is 43.7. The molecule has 0 radical (unpaired) electrons. The Bertz CT molecular complexity index is 424. The molecule has 0 aliphatic carbocycles. The molecule has 0 fully saturated rings. The van der Waals surface area contributed by atoms with Crippen LogP contribution in [0.4, 0.5) is 10.5 Å². The van der Waals surface area contributed by atoms with E-state index in [0.29, 0.717) is 0 Å². The summed E-state index contributed by atoms with van der Waals surface area (Å²) in [6.45, 7) is 19.7. The molecule has 0 heterocycles. The van der Waals surface area contributed by atoms with E-state index in [-0.39, 0.29) is 26.2 Å². The van der Waals surface area contributed by atoms with E-state index in [1.807, 2.05) is 0 Å². The maximum Gasteiger partial charge on any atom is 4.00 e. The minimum atomic E-state index is -5.94. The molecule has 1 aromatic rings. The van der Waals surface area contributed by atoms with Gasteiger partial charge in [-0.3, -0.25) is 0 Å². The number of hydrogen-bond acceptors (Lipinski definition) is 0. The predicted octanol–water partition coefficient (Wildman–Crippen LogP) is 10.3. The van der Waals surface area contributed by atoms with Gasteiger partial charge in [0.05, 0.1) is 0 Å². The molecule has 1 rings (SSSR count). The zero-order valence-corrected chi connectivity index (χ0v) is 29.6. The van der Waals surface area contributed by atoms with E-state index in [4.69, 9.17) is 0 Å². The van der Waals surface area contributed by atoms with Gasteiger partial charge in [-0.05, 0) is 0 Å². The average molecular weight is 670 g/mol. The van der Waals surface area contributed by atoms with E-state index >= 15 is 0 Å². The fourth-order valence-corrected chi connectivity index (χ4v) is 3.71. The number of halogens is 3. The number of nitrogens with zero attached hydrogens (tertiary/aromatic N) is 3. The largest absolute Gasteiger partial charge is 4.00 e. The van der Waals surface area contributed by atoms with Crippen LogP contribution in [0.3, 0.4) is 0 Å². The molecule has 0 atom stereocenters. The van der Waals surface area contributed by atoms with E-state index in [2.05, 4.69) is 57.5 Å². The first-order chi connectivity index (χ1) is 17.3. The van der Waals surface area contributed by atoms with Gasteiger partial charge in [0.2, 0.25) is 0 Å².